The lowest BCUT2D eigenvalue weighted by molar-refractivity contribution is 0.0274. The van der Waals surface area contributed by atoms with E-state index in [-0.39, 0.29) is 18.7 Å². The molecule has 2 fully saturated rings. The molecule has 0 unspecified atom stereocenters. The average Bonchev–Trinajstić information content (AvgIpc) is 3.56. The number of hydrogen-bond donors (Lipinski definition) is 0. The molecule has 0 N–H and O–H groups in total. The van der Waals surface area contributed by atoms with E-state index in [2.05, 4.69) is 10.1 Å². The van der Waals surface area contributed by atoms with Crippen LogP contribution in [-0.2, 0) is 16.0 Å². The second kappa shape index (κ2) is 12.3. The first-order valence-electron chi connectivity index (χ1n) is 15.9. The molecular weight excluding hydrogens is 584 g/mol. The average molecular weight is 627 g/mol. The summed E-state index contributed by atoms with van der Waals surface area (Å²) in [5.41, 5.74) is 3.12. The third kappa shape index (κ3) is 7.41. The van der Waals surface area contributed by atoms with Crippen molar-refractivity contribution >= 4 is 23.7 Å². The van der Waals surface area contributed by atoms with E-state index in [1.165, 1.54) is 0 Å². The molecule has 1 saturated carbocycles. The van der Waals surface area contributed by atoms with E-state index in [1.54, 1.807) is 26.6 Å². The van der Waals surface area contributed by atoms with Crippen LogP contribution in [0.15, 0.2) is 60.9 Å². The van der Waals surface area contributed by atoms with Gasteiger partial charge >= 0.3 is 12.2 Å². The fourth-order valence-corrected chi connectivity index (χ4v) is 5.42. The zero-order valence-electron chi connectivity index (χ0n) is 27.4. The Balaban J connectivity index is 1.33. The number of ether oxygens (including phenoxy) is 3. The number of carbonyl (C=O) groups excluding carboxylic acids is 2. The van der Waals surface area contributed by atoms with Gasteiger partial charge in [-0.25, -0.2) is 9.59 Å². The highest BCUT2D eigenvalue weighted by molar-refractivity contribution is 5.87. The smallest absolute Gasteiger partial charge is 0.416 e. The van der Waals surface area contributed by atoms with Crippen molar-refractivity contribution in [3.05, 3.63) is 72.1 Å². The highest BCUT2D eigenvalue weighted by atomic mass is 16.6. The monoisotopic (exact) mass is 626 g/mol. The number of fused-ring (bicyclic) bond motifs is 1. The Hall–Kier alpha value is -4.67. The van der Waals surface area contributed by atoms with Gasteiger partial charge in [-0.1, -0.05) is 30.3 Å². The molecule has 0 bridgehead atoms. The first-order valence-corrected chi connectivity index (χ1v) is 15.9. The van der Waals surface area contributed by atoms with Gasteiger partial charge in [0.2, 0.25) is 5.88 Å². The number of nitrogens with zero attached hydrogens (tertiary/aromatic N) is 6. The molecule has 1 aliphatic heterocycles. The van der Waals surface area contributed by atoms with Crippen molar-refractivity contribution in [3.63, 3.8) is 0 Å². The predicted molar refractivity (Wildman–Crippen MR) is 174 cm³/mol. The van der Waals surface area contributed by atoms with Crippen LogP contribution < -0.4 is 9.64 Å². The van der Waals surface area contributed by atoms with E-state index in [9.17, 15) is 9.59 Å². The van der Waals surface area contributed by atoms with Crippen molar-refractivity contribution in [1.29, 1.82) is 0 Å². The van der Waals surface area contributed by atoms with Gasteiger partial charge in [-0.05, 0) is 78.0 Å². The molecule has 11 nitrogen and oxygen atoms in total. The number of benzene rings is 1. The SMILES string of the molecule is CC(C)(C)OC(=O)N1CC[C@@H](Oc2cc(N(Cc3ccc(-c4ccccn4)cc3)C(=O)OC(C)(C)C)n3ncc(C4CC4)c3n2)C1. The summed E-state index contributed by atoms with van der Waals surface area (Å²) in [5, 5.41) is 4.69. The lowest BCUT2D eigenvalue weighted by Crippen LogP contribution is -2.38. The van der Waals surface area contributed by atoms with E-state index in [1.807, 2.05) is 90.2 Å². The van der Waals surface area contributed by atoms with E-state index >= 15 is 0 Å². The van der Waals surface area contributed by atoms with Crippen molar-refractivity contribution in [2.75, 3.05) is 18.0 Å². The van der Waals surface area contributed by atoms with Gasteiger partial charge in [0.25, 0.3) is 0 Å². The van der Waals surface area contributed by atoms with Gasteiger partial charge in [-0.2, -0.15) is 14.6 Å². The lowest BCUT2D eigenvalue weighted by atomic mass is 10.1. The molecule has 242 valence electrons. The van der Waals surface area contributed by atoms with Gasteiger partial charge in [0.1, 0.15) is 23.1 Å². The van der Waals surface area contributed by atoms with E-state index in [0.717, 1.165) is 35.2 Å². The molecule has 11 heteroatoms. The summed E-state index contributed by atoms with van der Waals surface area (Å²) in [6, 6.07) is 15.5. The molecular formula is C35H42N6O5. The molecule has 46 heavy (non-hydrogen) atoms. The minimum atomic E-state index is -0.720. The summed E-state index contributed by atoms with van der Waals surface area (Å²) in [7, 11) is 0. The number of anilines is 1. The predicted octanol–water partition coefficient (Wildman–Crippen LogP) is 7.00. The number of amides is 2. The second-order valence-corrected chi connectivity index (χ2v) is 14.0. The maximum atomic E-state index is 13.9. The number of pyridine rings is 1. The second-order valence-electron chi connectivity index (χ2n) is 14.0. The standard InChI is InChI=1S/C35H42N6O5/c1-34(2,3)45-32(42)39-18-16-26(22-39)44-29-19-30(41-31(38-29)27(20-37-41)24-14-15-24)40(33(43)46-35(4,5)6)21-23-10-12-25(13-11-23)28-9-7-8-17-36-28/h7-13,17,19-20,24,26H,14-16,18,21-22H2,1-6H3/t26-/m1/s1. The molecule has 0 spiro atoms. The molecule has 2 amide bonds. The van der Waals surface area contributed by atoms with Crippen LogP contribution in [0.25, 0.3) is 16.9 Å². The summed E-state index contributed by atoms with van der Waals surface area (Å²) in [5.74, 6) is 1.22. The third-order valence-corrected chi connectivity index (χ3v) is 7.70. The highest BCUT2D eigenvalue weighted by Crippen LogP contribution is 2.42. The fraction of sp³-hybridized carbons (Fsp3) is 0.457. The minimum absolute atomic E-state index is 0.227. The molecule has 4 aromatic rings. The summed E-state index contributed by atoms with van der Waals surface area (Å²) < 4.78 is 19.6. The van der Waals surface area contributed by atoms with Crippen molar-refractivity contribution in [3.8, 4) is 17.1 Å². The van der Waals surface area contributed by atoms with Gasteiger partial charge in [-0.3, -0.25) is 9.88 Å². The summed E-state index contributed by atoms with van der Waals surface area (Å²) >= 11 is 0. The molecule has 3 aromatic heterocycles. The molecule has 2 aliphatic rings. The Morgan fingerprint density at radius 2 is 1.70 bits per heavy atom. The number of hydrogen-bond acceptors (Lipinski definition) is 8. The van der Waals surface area contributed by atoms with E-state index in [0.29, 0.717) is 42.8 Å². The van der Waals surface area contributed by atoms with Crippen LogP contribution in [0.1, 0.15) is 77.8 Å². The fourth-order valence-electron chi connectivity index (χ4n) is 5.42. The number of aromatic nitrogens is 4. The molecule has 6 rings (SSSR count). The Morgan fingerprint density at radius 3 is 2.35 bits per heavy atom. The highest BCUT2D eigenvalue weighted by Gasteiger charge is 2.34. The number of rotatable bonds is 7. The number of carbonyl (C=O) groups is 2. The van der Waals surface area contributed by atoms with Crippen molar-refractivity contribution in [2.45, 2.75) is 90.6 Å². The van der Waals surface area contributed by atoms with Gasteiger partial charge < -0.3 is 19.1 Å². The molecule has 1 aromatic carbocycles. The van der Waals surface area contributed by atoms with Gasteiger partial charge in [-0.15, -0.1) is 0 Å². The molecule has 1 saturated heterocycles. The summed E-state index contributed by atoms with van der Waals surface area (Å²) in [6.07, 6.45) is 5.21. The zero-order chi connectivity index (χ0) is 32.6. The minimum Gasteiger partial charge on any atom is -0.472 e. The molecule has 1 atom stereocenters. The molecule has 4 heterocycles. The van der Waals surface area contributed by atoms with Crippen molar-refractivity contribution in [1.82, 2.24) is 24.5 Å². The van der Waals surface area contributed by atoms with Crippen LogP contribution in [0.5, 0.6) is 5.88 Å². The Kier molecular flexibility index (Phi) is 8.35. The van der Waals surface area contributed by atoms with Crippen LogP contribution >= 0.6 is 0 Å². The quantitative estimate of drug-likeness (QED) is 0.216. The van der Waals surface area contributed by atoms with E-state index in [4.69, 9.17) is 19.2 Å². The molecule has 0 radical (unpaired) electrons. The van der Waals surface area contributed by atoms with Gasteiger partial charge in [0.15, 0.2) is 5.65 Å². The summed E-state index contributed by atoms with van der Waals surface area (Å²) in [6.45, 7) is 12.2. The van der Waals surface area contributed by atoms with Crippen molar-refractivity contribution < 1.29 is 23.8 Å². The van der Waals surface area contributed by atoms with Crippen LogP contribution in [0, 0.1) is 0 Å². The van der Waals surface area contributed by atoms with Crippen LogP contribution in [0.3, 0.4) is 0 Å². The molecule has 1 aliphatic carbocycles. The van der Waals surface area contributed by atoms with E-state index < -0.39 is 17.3 Å². The topological polar surface area (TPSA) is 111 Å². The summed E-state index contributed by atoms with van der Waals surface area (Å²) in [4.78, 5) is 39.1. The maximum absolute atomic E-state index is 13.9. The Morgan fingerprint density at radius 1 is 0.957 bits per heavy atom. The largest absolute Gasteiger partial charge is 0.472 e. The zero-order valence-corrected chi connectivity index (χ0v) is 27.4. The van der Waals surface area contributed by atoms with Crippen molar-refractivity contribution in [2.24, 2.45) is 0 Å². The van der Waals surface area contributed by atoms with Crippen LogP contribution in [-0.4, -0.2) is 67.1 Å². The first-order chi connectivity index (χ1) is 21.8. The van der Waals surface area contributed by atoms with Gasteiger partial charge in [0.05, 0.1) is 25.0 Å². The van der Waals surface area contributed by atoms with Crippen LogP contribution in [0.2, 0.25) is 0 Å². The maximum Gasteiger partial charge on any atom is 0.416 e. The number of likely N-dealkylation sites (tertiary alicyclic amines) is 1. The van der Waals surface area contributed by atoms with Gasteiger partial charge in [0, 0.05) is 36.4 Å². The van der Waals surface area contributed by atoms with Crippen LogP contribution in [0.4, 0.5) is 15.4 Å². The Labute approximate surface area is 269 Å². The third-order valence-electron chi connectivity index (χ3n) is 7.70. The first kappa shape index (κ1) is 31.3. The Bertz CT molecular complexity index is 1700. The lowest BCUT2D eigenvalue weighted by Gasteiger charge is -2.28. The normalized spacial score (nSPS) is 16.8.